The molecule has 0 N–H and O–H groups in total. The van der Waals surface area contributed by atoms with Crippen molar-refractivity contribution >= 4 is 11.8 Å². The Balaban J connectivity index is 1.74. The fourth-order valence-electron chi connectivity index (χ4n) is 3.50. The van der Waals surface area contributed by atoms with Gasteiger partial charge in [-0.25, -0.2) is 4.79 Å². The molecule has 22 heavy (non-hydrogen) atoms. The van der Waals surface area contributed by atoms with Gasteiger partial charge < -0.3 is 9.64 Å². The van der Waals surface area contributed by atoms with Crippen molar-refractivity contribution in [1.29, 1.82) is 0 Å². The van der Waals surface area contributed by atoms with Gasteiger partial charge in [0.05, 0.1) is 24.0 Å². The molecule has 2 fully saturated rings. The van der Waals surface area contributed by atoms with Crippen LogP contribution in [0.15, 0.2) is 18.5 Å². The minimum atomic E-state index is -0.437. The molecule has 5 nitrogen and oxygen atoms in total. The van der Waals surface area contributed by atoms with Gasteiger partial charge in [0.2, 0.25) is 0 Å². The zero-order valence-corrected chi connectivity index (χ0v) is 13.9. The Kier molecular flexibility index (Phi) is 3.75. The van der Waals surface area contributed by atoms with Gasteiger partial charge in [0.25, 0.3) is 0 Å². The molecule has 1 aromatic rings. The molecule has 0 aromatic carbocycles. The predicted molar refractivity (Wildman–Crippen MR) is 86.1 cm³/mol. The molecular formula is C17H25N3O2. The summed E-state index contributed by atoms with van der Waals surface area (Å²) >= 11 is 0. The number of aryl methyl sites for hydroxylation is 1. The summed E-state index contributed by atoms with van der Waals surface area (Å²) in [4.78, 5) is 21.0. The van der Waals surface area contributed by atoms with E-state index in [-0.39, 0.29) is 18.2 Å². The molecule has 120 valence electrons. The first-order chi connectivity index (χ1) is 10.3. The SMILES string of the molecule is Cc1ccncc1N1CC2CCC(C1)N2C(=O)OC(C)(C)C. The molecule has 0 saturated carbocycles. The fourth-order valence-corrected chi connectivity index (χ4v) is 3.50. The third-order valence-electron chi connectivity index (χ3n) is 4.44. The molecule has 2 saturated heterocycles. The normalized spacial score (nSPS) is 24.5. The van der Waals surface area contributed by atoms with E-state index in [0.29, 0.717) is 0 Å². The topological polar surface area (TPSA) is 45.7 Å². The summed E-state index contributed by atoms with van der Waals surface area (Å²) in [7, 11) is 0. The average molecular weight is 303 g/mol. The molecule has 2 unspecified atom stereocenters. The summed E-state index contributed by atoms with van der Waals surface area (Å²) in [5.74, 6) is 0. The minimum absolute atomic E-state index is 0.164. The van der Waals surface area contributed by atoms with Gasteiger partial charge >= 0.3 is 6.09 Å². The van der Waals surface area contributed by atoms with Crippen molar-refractivity contribution in [2.45, 2.75) is 58.2 Å². The van der Waals surface area contributed by atoms with Crippen molar-refractivity contribution in [3.8, 4) is 0 Å². The fraction of sp³-hybridized carbons (Fsp3) is 0.647. The number of hydrogen-bond donors (Lipinski definition) is 0. The second-order valence-electron chi connectivity index (χ2n) is 7.34. The van der Waals surface area contributed by atoms with E-state index in [4.69, 9.17) is 4.74 Å². The number of amides is 1. The van der Waals surface area contributed by atoms with Gasteiger partial charge in [-0.1, -0.05) is 0 Å². The molecule has 0 spiro atoms. The zero-order chi connectivity index (χ0) is 15.9. The summed E-state index contributed by atoms with van der Waals surface area (Å²) < 4.78 is 5.58. The molecule has 3 rings (SSSR count). The van der Waals surface area contributed by atoms with Gasteiger partial charge in [-0.05, 0) is 52.2 Å². The molecule has 2 aliphatic rings. The highest BCUT2D eigenvalue weighted by atomic mass is 16.6. The van der Waals surface area contributed by atoms with E-state index in [1.807, 2.05) is 44.1 Å². The molecular weight excluding hydrogens is 278 g/mol. The second-order valence-corrected chi connectivity index (χ2v) is 7.34. The molecule has 1 aromatic heterocycles. The van der Waals surface area contributed by atoms with Crippen molar-refractivity contribution in [2.75, 3.05) is 18.0 Å². The summed E-state index contributed by atoms with van der Waals surface area (Å²) in [6.07, 6.45) is 5.70. The molecule has 2 aliphatic heterocycles. The van der Waals surface area contributed by atoms with Crippen LogP contribution in [0.2, 0.25) is 0 Å². The van der Waals surface area contributed by atoms with E-state index in [9.17, 15) is 4.79 Å². The van der Waals surface area contributed by atoms with Crippen LogP contribution in [-0.2, 0) is 4.74 Å². The molecule has 2 atom stereocenters. The Bertz CT molecular complexity index is 553. The highest BCUT2D eigenvalue weighted by Crippen LogP contribution is 2.34. The van der Waals surface area contributed by atoms with Gasteiger partial charge in [0.15, 0.2) is 0 Å². The van der Waals surface area contributed by atoms with Gasteiger partial charge in [-0.2, -0.15) is 0 Å². The first-order valence-electron chi connectivity index (χ1n) is 8.02. The van der Waals surface area contributed by atoms with E-state index < -0.39 is 5.60 Å². The van der Waals surface area contributed by atoms with Crippen molar-refractivity contribution < 1.29 is 9.53 Å². The highest BCUT2D eigenvalue weighted by Gasteiger charge is 2.44. The minimum Gasteiger partial charge on any atom is -0.444 e. The van der Waals surface area contributed by atoms with Crippen LogP contribution in [0, 0.1) is 6.92 Å². The van der Waals surface area contributed by atoms with Crippen LogP contribution in [0.25, 0.3) is 0 Å². The number of carbonyl (C=O) groups excluding carboxylic acids is 1. The lowest BCUT2D eigenvalue weighted by Gasteiger charge is -2.42. The quantitative estimate of drug-likeness (QED) is 0.800. The molecule has 1 amide bonds. The van der Waals surface area contributed by atoms with E-state index in [1.54, 1.807) is 0 Å². The molecule has 3 heterocycles. The number of piperazine rings is 1. The lowest BCUT2D eigenvalue weighted by molar-refractivity contribution is 0.0123. The Morgan fingerprint density at radius 1 is 1.27 bits per heavy atom. The Morgan fingerprint density at radius 3 is 2.45 bits per heavy atom. The van der Waals surface area contributed by atoms with Gasteiger partial charge in [0, 0.05) is 19.3 Å². The van der Waals surface area contributed by atoms with Gasteiger partial charge in [-0.3, -0.25) is 9.88 Å². The summed E-state index contributed by atoms with van der Waals surface area (Å²) in [5.41, 5.74) is 1.98. The third kappa shape index (κ3) is 2.89. The largest absolute Gasteiger partial charge is 0.444 e. The number of aromatic nitrogens is 1. The van der Waals surface area contributed by atoms with E-state index in [1.165, 1.54) is 11.3 Å². The number of ether oxygens (including phenoxy) is 1. The van der Waals surface area contributed by atoms with Crippen LogP contribution < -0.4 is 4.90 Å². The molecule has 2 bridgehead atoms. The predicted octanol–water partition coefficient (Wildman–Crippen LogP) is 2.98. The summed E-state index contributed by atoms with van der Waals surface area (Å²) in [6, 6.07) is 2.53. The Hall–Kier alpha value is -1.78. The first kappa shape index (κ1) is 15.1. The Morgan fingerprint density at radius 2 is 1.91 bits per heavy atom. The Labute approximate surface area is 132 Å². The number of anilines is 1. The molecule has 5 heteroatoms. The lowest BCUT2D eigenvalue weighted by Crippen LogP contribution is -2.57. The number of fused-ring (bicyclic) bond motifs is 2. The zero-order valence-electron chi connectivity index (χ0n) is 13.9. The van der Waals surface area contributed by atoms with Crippen molar-refractivity contribution in [1.82, 2.24) is 9.88 Å². The van der Waals surface area contributed by atoms with E-state index >= 15 is 0 Å². The van der Waals surface area contributed by atoms with Crippen LogP contribution in [-0.4, -0.2) is 46.8 Å². The smallest absolute Gasteiger partial charge is 0.410 e. The van der Waals surface area contributed by atoms with E-state index in [2.05, 4.69) is 16.8 Å². The summed E-state index contributed by atoms with van der Waals surface area (Å²) in [5, 5.41) is 0. The van der Waals surface area contributed by atoms with Gasteiger partial charge in [0.1, 0.15) is 5.60 Å². The van der Waals surface area contributed by atoms with Crippen LogP contribution in [0.4, 0.5) is 10.5 Å². The van der Waals surface area contributed by atoms with E-state index in [0.717, 1.165) is 25.9 Å². The number of nitrogens with zero attached hydrogens (tertiary/aromatic N) is 3. The summed E-state index contributed by atoms with van der Waals surface area (Å²) in [6.45, 7) is 9.59. The highest BCUT2D eigenvalue weighted by molar-refractivity contribution is 5.70. The number of carbonyl (C=O) groups is 1. The maximum atomic E-state index is 12.5. The maximum Gasteiger partial charge on any atom is 0.410 e. The number of rotatable bonds is 1. The van der Waals surface area contributed by atoms with Crippen molar-refractivity contribution in [3.63, 3.8) is 0 Å². The molecule has 0 aliphatic carbocycles. The number of pyridine rings is 1. The van der Waals surface area contributed by atoms with Crippen LogP contribution in [0.5, 0.6) is 0 Å². The third-order valence-corrected chi connectivity index (χ3v) is 4.44. The second kappa shape index (κ2) is 5.45. The standard InChI is InChI=1S/C17H25N3O2/c1-12-7-8-18-9-15(12)19-10-13-5-6-14(11-19)20(13)16(21)22-17(2,3)4/h7-9,13-14H,5-6,10-11H2,1-4H3. The van der Waals surface area contributed by atoms with Crippen molar-refractivity contribution in [3.05, 3.63) is 24.0 Å². The van der Waals surface area contributed by atoms with Crippen molar-refractivity contribution in [2.24, 2.45) is 0 Å². The number of hydrogen-bond acceptors (Lipinski definition) is 4. The van der Waals surface area contributed by atoms with Gasteiger partial charge in [-0.15, -0.1) is 0 Å². The first-order valence-corrected chi connectivity index (χ1v) is 8.02. The molecule has 0 radical (unpaired) electrons. The maximum absolute atomic E-state index is 12.5. The monoisotopic (exact) mass is 303 g/mol. The average Bonchev–Trinajstić information content (AvgIpc) is 2.68. The van der Waals surface area contributed by atoms with Crippen LogP contribution in [0.3, 0.4) is 0 Å². The van der Waals surface area contributed by atoms with Crippen LogP contribution >= 0.6 is 0 Å². The lowest BCUT2D eigenvalue weighted by atomic mass is 10.1. The van der Waals surface area contributed by atoms with Crippen LogP contribution in [0.1, 0.15) is 39.2 Å².